The lowest BCUT2D eigenvalue weighted by Gasteiger charge is -2.42. The highest BCUT2D eigenvalue weighted by Crippen LogP contribution is 2.46. The molecule has 0 spiro atoms. The van der Waals surface area contributed by atoms with Crippen LogP contribution in [0.1, 0.15) is 132 Å². The van der Waals surface area contributed by atoms with Crippen LogP contribution in [-0.4, -0.2) is 114 Å². The maximum absolute atomic E-state index is 14.4. The molecule has 3 fully saturated rings. The summed E-state index contributed by atoms with van der Waals surface area (Å²) in [5.74, 6) is -7.81. The van der Waals surface area contributed by atoms with E-state index in [1.807, 2.05) is 58.1 Å². The molecule has 372 valence electrons. The molecule has 0 aromatic carbocycles. The quantitative estimate of drug-likeness (QED) is 0.112. The van der Waals surface area contributed by atoms with Crippen molar-refractivity contribution in [3.05, 3.63) is 48.1 Å². The molecule has 3 heterocycles. The molecule has 0 radical (unpaired) electrons. The van der Waals surface area contributed by atoms with Crippen molar-refractivity contribution in [1.82, 2.24) is 4.90 Å². The Morgan fingerprint density at radius 2 is 1.61 bits per heavy atom. The predicted octanol–water partition coefficient (Wildman–Crippen LogP) is 8.59. The van der Waals surface area contributed by atoms with Gasteiger partial charge in [-0.25, -0.2) is 4.79 Å². The van der Waals surface area contributed by atoms with Crippen molar-refractivity contribution in [3.63, 3.8) is 0 Å². The van der Waals surface area contributed by atoms with Gasteiger partial charge in [0.15, 0.2) is 7.37 Å². The van der Waals surface area contributed by atoms with Crippen LogP contribution in [-0.2, 0) is 47.3 Å². The third-order valence-corrected chi connectivity index (χ3v) is 15.4. The summed E-state index contributed by atoms with van der Waals surface area (Å²) in [6.07, 6.45) is 15.7. The number of hydrogen-bond donors (Lipinski definition) is 2. The van der Waals surface area contributed by atoms with Gasteiger partial charge in [-0.3, -0.25) is 23.7 Å². The maximum atomic E-state index is 14.4. The molecule has 1 aliphatic carbocycles. The Labute approximate surface area is 395 Å². The number of cyclic esters (lactones) is 1. The number of piperidine rings is 1. The highest BCUT2D eigenvalue weighted by molar-refractivity contribution is 7.57. The van der Waals surface area contributed by atoms with Gasteiger partial charge in [0.25, 0.3) is 11.7 Å². The van der Waals surface area contributed by atoms with Crippen LogP contribution in [0, 0.1) is 47.3 Å². The molecule has 1 saturated carbocycles. The number of ketones is 3. The number of aliphatic hydroxyl groups excluding tert-OH is 1. The molecule has 4 rings (SSSR count). The largest absolute Gasteiger partial charge is 0.460 e. The average Bonchev–Trinajstić information content (AvgIpc) is 3.26. The van der Waals surface area contributed by atoms with E-state index < -0.39 is 79.0 Å². The fraction of sp³-hybridized carbons (Fsp3) is 0.750. The Bertz CT molecular complexity index is 1850. The van der Waals surface area contributed by atoms with Gasteiger partial charge in [0, 0.05) is 63.5 Å². The summed E-state index contributed by atoms with van der Waals surface area (Å²) in [6.45, 7) is 18.3. The van der Waals surface area contributed by atoms with Gasteiger partial charge in [-0.2, -0.15) is 0 Å². The van der Waals surface area contributed by atoms with E-state index in [-0.39, 0.29) is 66.6 Å². The number of nitrogens with zero attached hydrogens (tertiary/aromatic N) is 1. The van der Waals surface area contributed by atoms with Gasteiger partial charge in [-0.15, -0.1) is 0 Å². The standard InChI is InChI=1S/C52H82NO12P/c1-32-17-13-12-14-18-34(3)46(62-9)30-41-23-21-38(7)52(60,64-41)49(57)50(58)53-26-16-15-19-42(53)51(59)63-47(36(5)29-40-22-25-45(35(4)28-40)65-66(10,11)61)31-44(55)33(2)20-24-43(54)39(8)48(56)37(6)27-32/h12-14,17-18,20,24,32-33,35-43,45-47,54,60H,15-16,19,21-23,25-31H2,1-11H3/b14-12?,17-13+,24-20+,34-18?/t32-,33-,35-,36-,37-,38-,39-,40-,41+,42?,43-,45?,46+,47+,52-/m1/s1. The van der Waals surface area contributed by atoms with Gasteiger partial charge in [0.1, 0.15) is 23.7 Å². The Morgan fingerprint density at radius 3 is 2.27 bits per heavy atom. The molecule has 14 heteroatoms. The molecule has 2 unspecified atom stereocenters. The Hall–Kier alpha value is -3.06. The first-order valence-corrected chi connectivity index (χ1v) is 27.1. The highest BCUT2D eigenvalue weighted by atomic mass is 31.2. The van der Waals surface area contributed by atoms with Crippen LogP contribution in [0.15, 0.2) is 48.1 Å². The Morgan fingerprint density at radius 1 is 0.894 bits per heavy atom. The van der Waals surface area contributed by atoms with E-state index in [1.54, 1.807) is 47.3 Å². The predicted molar refractivity (Wildman–Crippen MR) is 256 cm³/mol. The Balaban J connectivity index is 1.66. The van der Waals surface area contributed by atoms with Crippen molar-refractivity contribution in [2.45, 2.75) is 175 Å². The zero-order chi connectivity index (χ0) is 49.1. The summed E-state index contributed by atoms with van der Waals surface area (Å²) < 4.78 is 36.7. The minimum absolute atomic E-state index is 0.0732. The average molecular weight is 944 g/mol. The molecule has 0 aromatic heterocycles. The van der Waals surface area contributed by atoms with E-state index in [1.165, 1.54) is 11.0 Å². The number of ether oxygens (including phenoxy) is 3. The zero-order valence-corrected chi connectivity index (χ0v) is 42.6. The van der Waals surface area contributed by atoms with Crippen LogP contribution < -0.4 is 0 Å². The molecule has 13 nitrogen and oxygen atoms in total. The van der Waals surface area contributed by atoms with E-state index in [0.29, 0.717) is 44.9 Å². The van der Waals surface area contributed by atoms with Crippen LogP contribution in [0.4, 0.5) is 0 Å². The summed E-state index contributed by atoms with van der Waals surface area (Å²) in [5, 5.41) is 23.1. The fourth-order valence-electron chi connectivity index (χ4n) is 10.3. The molecule has 15 atom stereocenters. The molecule has 3 aliphatic heterocycles. The summed E-state index contributed by atoms with van der Waals surface area (Å²) in [6, 6.07) is -1.12. The summed E-state index contributed by atoms with van der Waals surface area (Å²) in [5.41, 5.74) is 0.893. The lowest BCUT2D eigenvalue weighted by molar-refractivity contribution is -0.265. The highest BCUT2D eigenvalue weighted by Gasteiger charge is 2.53. The first-order chi connectivity index (χ1) is 30.9. The molecule has 4 aliphatic rings. The van der Waals surface area contributed by atoms with Gasteiger partial charge >= 0.3 is 5.97 Å². The number of rotatable bonds is 6. The van der Waals surface area contributed by atoms with Crippen molar-refractivity contribution < 1.29 is 57.5 Å². The van der Waals surface area contributed by atoms with Crippen LogP contribution in [0.2, 0.25) is 0 Å². The first-order valence-electron chi connectivity index (χ1n) is 24.6. The summed E-state index contributed by atoms with van der Waals surface area (Å²) in [4.78, 5) is 71.5. The van der Waals surface area contributed by atoms with E-state index in [2.05, 4.69) is 6.92 Å². The number of hydrogen-bond acceptors (Lipinski definition) is 12. The summed E-state index contributed by atoms with van der Waals surface area (Å²) in [7, 11) is -1.10. The number of aliphatic hydroxyl groups is 2. The van der Waals surface area contributed by atoms with Crippen molar-refractivity contribution >= 4 is 36.6 Å². The molecule has 2 N–H and O–H groups in total. The van der Waals surface area contributed by atoms with Crippen LogP contribution >= 0.6 is 7.37 Å². The van der Waals surface area contributed by atoms with Crippen LogP contribution in [0.5, 0.6) is 0 Å². The fourth-order valence-corrected chi connectivity index (χ4v) is 11.3. The second kappa shape index (κ2) is 25.0. The molecular formula is C52H82NO12P. The van der Waals surface area contributed by atoms with Gasteiger partial charge in [0.2, 0.25) is 5.79 Å². The molecule has 2 bridgehead atoms. The van der Waals surface area contributed by atoms with Gasteiger partial charge < -0.3 is 33.8 Å². The molecular weight excluding hydrogens is 862 g/mol. The lowest BCUT2D eigenvalue weighted by Crippen LogP contribution is -2.61. The molecule has 0 aromatic rings. The number of amides is 1. The molecule has 2 saturated heterocycles. The number of carbonyl (C=O) groups is 5. The number of esters is 1. The maximum Gasteiger partial charge on any atom is 0.329 e. The van der Waals surface area contributed by atoms with E-state index in [0.717, 1.165) is 24.8 Å². The van der Waals surface area contributed by atoms with Crippen molar-refractivity contribution in [3.8, 4) is 0 Å². The van der Waals surface area contributed by atoms with E-state index in [9.17, 15) is 38.8 Å². The smallest absolute Gasteiger partial charge is 0.329 e. The van der Waals surface area contributed by atoms with E-state index in [4.69, 9.17) is 18.7 Å². The Kier molecular flexibility index (Phi) is 21.0. The third kappa shape index (κ3) is 15.5. The van der Waals surface area contributed by atoms with Crippen LogP contribution in [0.25, 0.3) is 0 Å². The zero-order valence-electron chi connectivity index (χ0n) is 41.7. The van der Waals surface area contributed by atoms with Gasteiger partial charge in [0.05, 0.1) is 24.4 Å². The van der Waals surface area contributed by atoms with Crippen molar-refractivity contribution in [1.29, 1.82) is 0 Å². The molecule has 1 amide bonds. The number of carbonyl (C=O) groups excluding carboxylic acids is 5. The number of Topliss-reactive ketones (excluding diaryl/α,β-unsaturated/α-hetero) is 3. The topological polar surface area (TPSA) is 183 Å². The van der Waals surface area contributed by atoms with Crippen molar-refractivity contribution in [2.24, 2.45) is 47.3 Å². The number of methoxy groups -OCH3 is 1. The van der Waals surface area contributed by atoms with E-state index >= 15 is 0 Å². The normalized spacial score (nSPS) is 38.5. The minimum Gasteiger partial charge on any atom is -0.460 e. The van der Waals surface area contributed by atoms with Crippen LogP contribution in [0.3, 0.4) is 0 Å². The third-order valence-electron chi connectivity index (χ3n) is 14.7. The van der Waals surface area contributed by atoms with Gasteiger partial charge in [-0.1, -0.05) is 91.0 Å². The number of fused-ring (bicyclic) bond motifs is 3. The number of allylic oxidation sites excluding steroid dienone is 6. The SMILES string of the molecule is CO[C@H]1C[C@@H]2CC[C@@H](C)[C@@](O)(O2)C(=O)C(=O)N2CCCCC2C(=O)O[C@H]([C@H](C)C[C@@H]2CCC(OP(C)(C)=O)[C@H](C)C2)CC(=O)[C@H](C)/C=C/[C@@H](O)[C@@H](C)C(=O)[C@H](C)C[C@H](C)/C=C/C=CC=C1C. The lowest BCUT2D eigenvalue weighted by atomic mass is 9.75. The second-order valence-corrected chi connectivity index (χ2v) is 23.5. The first kappa shape index (κ1) is 55.5. The minimum atomic E-state index is -2.68. The molecule has 66 heavy (non-hydrogen) atoms. The monoisotopic (exact) mass is 944 g/mol. The second-order valence-electron chi connectivity index (χ2n) is 20.8. The van der Waals surface area contributed by atoms with Gasteiger partial charge in [-0.05, 0) is 100 Å². The van der Waals surface area contributed by atoms with Crippen molar-refractivity contribution in [2.75, 3.05) is 27.0 Å². The summed E-state index contributed by atoms with van der Waals surface area (Å²) >= 11 is 0.